The lowest BCUT2D eigenvalue weighted by molar-refractivity contribution is 0.207. The highest BCUT2D eigenvalue weighted by molar-refractivity contribution is 5.34. The Labute approximate surface area is 115 Å². The van der Waals surface area contributed by atoms with E-state index in [0.29, 0.717) is 12.3 Å². The Morgan fingerprint density at radius 2 is 2.05 bits per heavy atom. The number of hydrogen-bond donors (Lipinski definition) is 1. The van der Waals surface area contributed by atoms with E-state index in [2.05, 4.69) is 0 Å². The molecule has 0 aliphatic heterocycles. The Hall–Kier alpha value is -1.09. The summed E-state index contributed by atoms with van der Waals surface area (Å²) in [5, 5.41) is 0. The van der Waals surface area contributed by atoms with Crippen LogP contribution in [0.1, 0.15) is 44.6 Å². The van der Waals surface area contributed by atoms with Crippen LogP contribution in [0.4, 0.5) is 4.39 Å². The van der Waals surface area contributed by atoms with Gasteiger partial charge in [0.2, 0.25) is 0 Å². The van der Waals surface area contributed by atoms with Crippen LogP contribution in [0.15, 0.2) is 18.2 Å². The predicted octanol–water partition coefficient (Wildman–Crippen LogP) is 3.67. The Balaban J connectivity index is 1.97. The standard InChI is InChI=1S/C16H24FNO/c1-12(18)9-14-10-15(17)7-8-16(14)19-11-13-5-3-2-4-6-13/h7-8,10,12-13H,2-6,9,11,18H2,1H3. The monoisotopic (exact) mass is 265 g/mol. The maximum Gasteiger partial charge on any atom is 0.123 e. The second-order valence-corrected chi connectivity index (χ2v) is 5.75. The van der Waals surface area contributed by atoms with E-state index in [1.807, 2.05) is 6.92 Å². The SMILES string of the molecule is CC(N)Cc1cc(F)ccc1OCC1CCCCC1. The van der Waals surface area contributed by atoms with Crippen LogP contribution >= 0.6 is 0 Å². The summed E-state index contributed by atoms with van der Waals surface area (Å²) in [6.45, 7) is 2.67. The number of hydrogen-bond acceptors (Lipinski definition) is 2. The molecule has 1 aliphatic rings. The summed E-state index contributed by atoms with van der Waals surface area (Å²) in [7, 11) is 0. The summed E-state index contributed by atoms with van der Waals surface area (Å²) >= 11 is 0. The van der Waals surface area contributed by atoms with Crippen LogP contribution in [-0.2, 0) is 6.42 Å². The van der Waals surface area contributed by atoms with Gasteiger partial charge in [-0.05, 0) is 55.9 Å². The molecular formula is C16H24FNO. The molecule has 3 heteroatoms. The van der Waals surface area contributed by atoms with Gasteiger partial charge in [0.05, 0.1) is 6.61 Å². The fourth-order valence-corrected chi connectivity index (χ4v) is 2.76. The zero-order chi connectivity index (χ0) is 13.7. The molecule has 0 saturated heterocycles. The van der Waals surface area contributed by atoms with E-state index < -0.39 is 0 Å². The van der Waals surface area contributed by atoms with Crippen LogP contribution in [0.3, 0.4) is 0 Å². The summed E-state index contributed by atoms with van der Waals surface area (Å²) in [5.74, 6) is 1.23. The van der Waals surface area contributed by atoms with Crippen molar-refractivity contribution in [3.63, 3.8) is 0 Å². The van der Waals surface area contributed by atoms with Crippen LogP contribution in [0.5, 0.6) is 5.75 Å². The molecule has 0 spiro atoms. The van der Waals surface area contributed by atoms with Gasteiger partial charge in [-0.1, -0.05) is 19.3 Å². The van der Waals surface area contributed by atoms with E-state index in [0.717, 1.165) is 17.9 Å². The van der Waals surface area contributed by atoms with Crippen molar-refractivity contribution in [1.29, 1.82) is 0 Å². The van der Waals surface area contributed by atoms with Crippen LogP contribution in [0, 0.1) is 11.7 Å². The molecule has 1 aromatic carbocycles. The molecule has 19 heavy (non-hydrogen) atoms. The van der Waals surface area contributed by atoms with E-state index >= 15 is 0 Å². The van der Waals surface area contributed by atoms with E-state index in [4.69, 9.17) is 10.5 Å². The normalized spacial score (nSPS) is 18.3. The third-order valence-electron chi connectivity index (χ3n) is 3.76. The molecule has 106 valence electrons. The molecule has 2 rings (SSSR count). The molecule has 0 heterocycles. The number of halogens is 1. The average molecular weight is 265 g/mol. The van der Waals surface area contributed by atoms with Crippen LogP contribution in [0.25, 0.3) is 0 Å². The van der Waals surface area contributed by atoms with E-state index in [1.54, 1.807) is 12.1 Å². The fraction of sp³-hybridized carbons (Fsp3) is 0.625. The van der Waals surface area contributed by atoms with Gasteiger partial charge in [-0.2, -0.15) is 0 Å². The Morgan fingerprint density at radius 3 is 2.74 bits per heavy atom. The lowest BCUT2D eigenvalue weighted by Gasteiger charge is -2.22. The van der Waals surface area contributed by atoms with Gasteiger partial charge in [0.25, 0.3) is 0 Å². The second-order valence-electron chi connectivity index (χ2n) is 5.75. The van der Waals surface area contributed by atoms with Gasteiger partial charge in [-0.25, -0.2) is 4.39 Å². The first kappa shape index (κ1) is 14.3. The largest absolute Gasteiger partial charge is 0.493 e. The van der Waals surface area contributed by atoms with Crippen molar-refractivity contribution >= 4 is 0 Å². The highest BCUT2D eigenvalue weighted by Gasteiger charge is 2.15. The molecule has 1 atom stereocenters. The number of nitrogens with two attached hydrogens (primary N) is 1. The summed E-state index contributed by atoms with van der Waals surface area (Å²) < 4.78 is 19.2. The molecule has 1 aliphatic carbocycles. The van der Waals surface area contributed by atoms with Crippen LogP contribution < -0.4 is 10.5 Å². The molecule has 0 aromatic heterocycles. The molecule has 1 fully saturated rings. The highest BCUT2D eigenvalue weighted by atomic mass is 19.1. The molecule has 0 radical (unpaired) electrons. The third-order valence-corrected chi connectivity index (χ3v) is 3.76. The summed E-state index contributed by atoms with van der Waals surface area (Å²) in [6, 6.07) is 4.75. The maximum atomic E-state index is 13.3. The van der Waals surface area contributed by atoms with E-state index in [1.165, 1.54) is 38.2 Å². The van der Waals surface area contributed by atoms with Gasteiger partial charge in [0.1, 0.15) is 11.6 Å². The maximum absolute atomic E-state index is 13.3. The number of rotatable bonds is 5. The first-order chi connectivity index (χ1) is 9.15. The zero-order valence-corrected chi connectivity index (χ0v) is 11.7. The number of ether oxygens (including phenoxy) is 1. The minimum Gasteiger partial charge on any atom is -0.493 e. The van der Waals surface area contributed by atoms with Gasteiger partial charge >= 0.3 is 0 Å². The fourth-order valence-electron chi connectivity index (χ4n) is 2.76. The molecule has 2 nitrogen and oxygen atoms in total. The van der Waals surface area contributed by atoms with Gasteiger partial charge in [0, 0.05) is 6.04 Å². The Bertz CT molecular complexity index is 400. The van der Waals surface area contributed by atoms with Crippen molar-refractivity contribution < 1.29 is 9.13 Å². The second kappa shape index (κ2) is 6.90. The lowest BCUT2D eigenvalue weighted by Crippen LogP contribution is -2.20. The van der Waals surface area contributed by atoms with Crippen molar-refractivity contribution in [2.75, 3.05) is 6.61 Å². The van der Waals surface area contributed by atoms with Crippen LogP contribution in [-0.4, -0.2) is 12.6 Å². The minimum atomic E-state index is -0.222. The topological polar surface area (TPSA) is 35.2 Å². The molecule has 1 saturated carbocycles. The van der Waals surface area contributed by atoms with Crippen molar-refractivity contribution in [3.8, 4) is 5.75 Å². The van der Waals surface area contributed by atoms with Crippen molar-refractivity contribution in [1.82, 2.24) is 0 Å². The van der Waals surface area contributed by atoms with E-state index in [9.17, 15) is 4.39 Å². The summed E-state index contributed by atoms with van der Waals surface area (Å²) in [6.07, 6.45) is 7.13. The van der Waals surface area contributed by atoms with Crippen LogP contribution in [0.2, 0.25) is 0 Å². The Morgan fingerprint density at radius 1 is 1.32 bits per heavy atom. The summed E-state index contributed by atoms with van der Waals surface area (Å²) in [4.78, 5) is 0. The van der Waals surface area contributed by atoms with Gasteiger partial charge in [0.15, 0.2) is 0 Å². The summed E-state index contributed by atoms with van der Waals surface area (Å²) in [5.41, 5.74) is 6.68. The van der Waals surface area contributed by atoms with Crippen molar-refractivity contribution in [3.05, 3.63) is 29.6 Å². The Kier molecular flexibility index (Phi) is 5.20. The number of benzene rings is 1. The van der Waals surface area contributed by atoms with E-state index in [-0.39, 0.29) is 11.9 Å². The first-order valence-corrected chi connectivity index (χ1v) is 7.32. The third kappa shape index (κ3) is 4.50. The van der Waals surface area contributed by atoms with Gasteiger partial charge in [-0.15, -0.1) is 0 Å². The van der Waals surface area contributed by atoms with Gasteiger partial charge in [-0.3, -0.25) is 0 Å². The molecule has 0 amide bonds. The average Bonchev–Trinajstić information content (AvgIpc) is 2.38. The van der Waals surface area contributed by atoms with Gasteiger partial charge < -0.3 is 10.5 Å². The lowest BCUT2D eigenvalue weighted by atomic mass is 9.90. The minimum absolute atomic E-state index is 0.0128. The van der Waals surface area contributed by atoms with Crippen molar-refractivity contribution in [2.24, 2.45) is 11.7 Å². The highest BCUT2D eigenvalue weighted by Crippen LogP contribution is 2.26. The smallest absolute Gasteiger partial charge is 0.123 e. The van der Waals surface area contributed by atoms with Crippen molar-refractivity contribution in [2.45, 2.75) is 51.5 Å². The zero-order valence-electron chi connectivity index (χ0n) is 11.7. The predicted molar refractivity (Wildman–Crippen MR) is 75.8 cm³/mol. The molecule has 0 bridgehead atoms. The molecule has 1 aromatic rings. The molecule has 2 N–H and O–H groups in total. The molecular weight excluding hydrogens is 241 g/mol. The quantitative estimate of drug-likeness (QED) is 0.881. The first-order valence-electron chi connectivity index (χ1n) is 7.32. The molecule has 1 unspecified atom stereocenters.